The number of nitrogens with one attached hydrogen (secondary N) is 1. The van der Waals surface area contributed by atoms with E-state index in [1.54, 1.807) is 17.9 Å². The molecule has 1 heterocycles. The SMILES string of the molecule is CCOC(=O)c1ccc(NS(=O)(=O)c2cc3c(cc2Br)C[C@H](C)N3C(C)=O)cc1. The van der Waals surface area contributed by atoms with Crippen LogP contribution in [0.15, 0.2) is 45.8 Å². The molecule has 7 nitrogen and oxygen atoms in total. The molecule has 1 N–H and O–H groups in total. The van der Waals surface area contributed by atoms with Crippen molar-refractivity contribution in [1.82, 2.24) is 0 Å². The highest BCUT2D eigenvalue weighted by Gasteiger charge is 2.32. The highest BCUT2D eigenvalue weighted by molar-refractivity contribution is 9.10. The molecule has 2 aromatic carbocycles. The second kappa shape index (κ2) is 8.16. The second-order valence-electron chi connectivity index (χ2n) is 6.76. The third-order valence-electron chi connectivity index (χ3n) is 4.63. The first-order valence-corrected chi connectivity index (χ1v) is 11.3. The van der Waals surface area contributed by atoms with Gasteiger partial charge in [-0.1, -0.05) is 0 Å². The predicted octanol–water partition coefficient (Wildman–Crippen LogP) is 3.72. The number of anilines is 2. The number of fused-ring (bicyclic) bond motifs is 1. The molecule has 0 unspecified atom stereocenters. The van der Waals surface area contributed by atoms with Crippen LogP contribution in [-0.4, -0.2) is 32.9 Å². The van der Waals surface area contributed by atoms with E-state index in [0.717, 1.165) is 5.56 Å². The number of hydrogen-bond donors (Lipinski definition) is 1. The van der Waals surface area contributed by atoms with Gasteiger partial charge < -0.3 is 9.64 Å². The molecule has 3 rings (SSSR count). The molecule has 0 aromatic heterocycles. The van der Waals surface area contributed by atoms with Gasteiger partial charge >= 0.3 is 5.97 Å². The molecule has 0 radical (unpaired) electrons. The fourth-order valence-corrected chi connectivity index (χ4v) is 5.57. The van der Waals surface area contributed by atoms with Gasteiger partial charge in [-0.15, -0.1) is 0 Å². The van der Waals surface area contributed by atoms with E-state index in [4.69, 9.17) is 4.74 Å². The fraction of sp³-hybridized carbons (Fsp3) is 0.300. The Morgan fingerprint density at radius 1 is 1.24 bits per heavy atom. The van der Waals surface area contributed by atoms with Gasteiger partial charge in [0.1, 0.15) is 4.90 Å². The molecule has 0 fully saturated rings. The monoisotopic (exact) mass is 480 g/mol. The lowest BCUT2D eigenvalue weighted by Crippen LogP contribution is -2.33. The van der Waals surface area contributed by atoms with E-state index < -0.39 is 16.0 Å². The van der Waals surface area contributed by atoms with Crippen LogP contribution in [0.3, 0.4) is 0 Å². The van der Waals surface area contributed by atoms with Gasteiger partial charge in [-0.05, 0) is 78.2 Å². The molecule has 1 amide bonds. The molecule has 0 saturated heterocycles. The molecule has 1 aliphatic heterocycles. The van der Waals surface area contributed by atoms with Gasteiger partial charge in [-0.3, -0.25) is 9.52 Å². The van der Waals surface area contributed by atoms with Crippen LogP contribution in [0.25, 0.3) is 0 Å². The number of ether oxygens (including phenoxy) is 1. The summed E-state index contributed by atoms with van der Waals surface area (Å²) in [5.41, 5.74) is 2.16. The smallest absolute Gasteiger partial charge is 0.338 e. The Kier molecular flexibility index (Phi) is 6.00. The molecule has 0 saturated carbocycles. The lowest BCUT2D eigenvalue weighted by molar-refractivity contribution is -0.116. The number of halogens is 1. The van der Waals surface area contributed by atoms with Gasteiger partial charge in [0, 0.05) is 28.8 Å². The van der Waals surface area contributed by atoms with Crippen LogP contribution >= 0.6 is 15.9 Å². The first-order valence-electron chi connectivity index (χ1n) is 9.06. The van der Waals surface area contributed by atoms with Crippen LogP contribution in [0.5, 0.6) is 0 Å². The van der Waals surface area contributed by atoms with Gasteiger partial charge in [0.2, 0.25) is 5.91 Å². The summed E-state index contributed by atoms with van der Waals surface area (Å²) in [5.74, 6) is -0.605. The molecule has 29 heavy (non-hydrogen) atoms. The molecule has 0 bridgehead atoms. The second-order valence-corrected chi connectivity index (χ2v) is 9.26. The molecule has 9 heteroatoms. The minimum absolute atomic E-state index is 0.0317. The largest absolute Gasteiger partial charge is 0.462 e. The maximum absolute atomic E-state index is 13.0. The molecule has 0 aliphatic carbocycles. The van der Waals surface area contributed by atoms with Gasteiger partial charge in [-0.25, -0.2) is 13.2 Å². The summed E-state index contributed by atoms with van der Waals surface area (Å²) in [4.78, 5) is 25.4. The van der Waals surface area contributed by atoms with E-state index in [-0.39, 0.29) is 23.5 Å². The van der Waals surface area contributed by atoms with Crippen molar-refractivity contribution in [2.75, 3.05) is 16.2 Å². The maximum atomic E-state index is 13.0. The van der Waals surface area contributed by atoms with Crippen LogP contribution in [0.2, 0.25) is 0 Å². The summed E-state index contributed by atoms with van der Waals surface area (Å²) in [7, 11) is -3.93. The number of sulfonamides is 1. The lowest BCUT2D eigenvalue weighted by atomic mass is 10.1. The van der Waals surface area contributed by atoms with Crippen molar-refractivity contribution in [3.8, 4) is 0 Å². The van der Waals surface area contributed by atoms with Crippen molar-refractivity contribution in [1.29, 1.82) is 0 Å². The number of nitrogens with zero attached hydrogens (tertiary/aromatic N) is 1. The number of carbonyl (C=O) groups is 2. The standard InChI is InChI=1S/C20H21BrN2O5S/c1-4-28-20(25)14-5-7-16(8-6-14)22-29(26,27)19-11-18-15(10-17(19)21)9-12(2)23(18)13(3)24/h5-8,10-12,22H,4,9H2,1-3H3/t12-/m0/s1. The van der Waals surface area contributed by atoms with Crippen LogP contribution < -0.4 is 9.62 Å². The van der Waals surface area contributed by atoms with Crippen molar-refractivity contribution >= 4 is 49.2 Å². The molecule has 1 atom stereocenters. The van der Waals surface area contributed by atoms with E-state index >= 15 is 0 Å². The third kappa shape index (κ3) is 4.30. The van der Waals surface area contributed by atoms with E-state index in [1.165, 1.54) is 37.3 Å². The Bertz CT molecular complexity index is 1070. The summed E-state index contributed by atoms with van der Waals surface area (Å²) in [6, 6.07) is 9.20. The molecule has 154 valence electrons. The average molecular weight is 481 g/mol. The molecule has 0 spiro atoms. The fourth-order valence-electron chi connectivity index (χ4n) is 3.40. The third-order valence-corrected chi connectivity index (χ3v) is 6.97. The highest BCUT2D eigenvalue weighted by Crippen LogP contribution is 2.38. The van der Waals surface area contributed by atoms with Gasteiger partial charge in [0.05, 0.1) is 12.2 Å². The number of esters is 1. The normalized spacial score (nSPS) is 15.7. The number of hydrogen-bond acceptors (Lipinski definition) is 5. The number of carbonyl (C=O) groups excluding carboxylic acids is 2. The van der Waals surface area contributed by atoms with Crippen molar-refractivity contribution in [3.63, 3.8) is 0 Å². The Balaban J connectivity index is 1.91. The molecule has 1 aliphatic rings. The minimum atomic E-state index is -3.93. The predicted molar refractivity (Wildman–Crippen MR) is 114 cm³/mol. The summed E-state index contributed by atoms with van der Waals surface area (Å²) >= 11 is 3.34. The zero-order valence-electron chi connectivity index (χ0n) is 16.2. The van der Waals surface area contributed by atoms with Crippen LogP contribution in [0, 0.1) is 0 Å². The number of rotatable bonds is 5. The zero-order chi connectivity index (χ0) is 21.3. The zero-order valence-corrected chi connectivity index (χ0v) is 18.6. The van der Waals surface area contributed by atoms with Gasteiger partial charge in [0.15, 0.2) is 0 Å². The average Bonchev–Trinajstić information content (AvgIpc) is 2.96. The number of amides is 1. The molecule has 2 aromatic rings. The van der Waals surface area contributed by atoms with Crippen LogP contribution in [-0.2, 0) is 26.0 Å². The summed E-state index contributed by atoms with van der Waals surface area (Å²) < 4.78 is 33.8. The molecular formula is C20H21BrN2O5S. The summed E-state index contributed by atoms with van der Waals surface area (Å²) in [6.07, 6.45) is 0.663. The summed E-state index contributed by atoms with van der Waals surface area (Å²) in [6.45, 7) is 5.36. The first kappa shape index (κ1) is 21.3. The maximum Gasteiger partial charge on any atom is 0.338 e. The van der Waals surface area contributed by atoms with Gasteiger partial charge in [-0.2, -0.15) is 0 Å². The lowest BCUT2D eigenvalue weighted by Gasteiger charge is -2.21. The Hall–Kier alpha value is -2.39. The quantitative estimate of drug-likeness (QED) is 0.658. The van der Waals surface area contributed by atoms with Crippen LogP contribution in [0.4, 0.5) is 11.4 Å². The van der Waals surface area contributed by atoms with E-state index in [1.807, 2.05) is 6.92 Å². The molecular weight excluding hydrogens is 460 g/mol. The highest BCUT2D eigenvalue weighted by atomic mass is 79.9. The number of benzene rings is 2. The van der Waals surface area contributed by atoms with Crippen molar-refractivity contribution in [2.24, 2.45) is 0 Å². The first-order chi connectivity index (χ1) is 13.6. The minimum Gasteiger partial charge on any atom is -0.462 e. The van der Waals surface area contributed by atoms with Crippen LogP contribution in [0.1, 0.15) is 36.7 Å². The van der Waals surface area contributed by atoms with E-state index in [2.05, 4.69) is 20.7 Å². The Morgan fingerprint density at radius 3 is 2.48 bits per heavy atom. The topological polar surface area (TPSA) is 92.8 Å². The van der Waals surface area contributed by atoms with Crippen molar-refractivity contribution in [2.45, 2.75) is 38.1 Å². The summed E-state index contributed by atoms with van der Waals surface area (Å²) in [5, 5.41) is 0. The van der Waals surface area contributed by atoms with Crippen molar-refractivity contribution in [3.05, 3.63) is 52.0 Å². The van der Waals surface area contributed by atoms with E-state index in [9.17, 15) is 18.0 Å². The van der Waals surface area contributed by atoms with Gasteiger partial charge in [0.25, 0.3) is 10.0 Å². The van der Waals surface area contributed by atoms with E-state index in [0.29, 0.717) is 27.8 Å². The Labute approximate surface area is 178 Å². The Morgan fingerprint density at radius 2 is 1.90 bits per heavy atom. The van der Waals surface area contributed by atoms with Crippen molar-refractivity contribution < 1.29 is 22.7 Å².